The number of nitrogens with one attached hydrogen (secondary N) is 3. The second-order valence-corrected chi connectivity index (χ2v) is 8.23. The average molecular weight is 402 g/mol. The van der Waals surface area contributed by atoms with E-state index in [0.717, 1.165) is 0 Å². The molecule has 1 aromatic rings. The Morgan fingerprint density at radius 3 is 2.73 bits per heavy atom. The third kappa shape index (κ3) is 4.46. The van der Waals surface area contributed by atoms with E-state index in [1.807, 2.05) is 0 Å². The van der Waals surface area contributed by atoms with Crippen molar-refractivity contribution >= 4 is 80.7 Å². The lowest BCUT2D eigenvalue weighted by Gasteiger charge is -2.22. The molecule has 0 aromatic carbocycles. The molecule has 12 heteroatoms. The van der Waals surface area contributed by atoms with Crippen LogP contribution < -0.4 is 10.7 Å². The third-order valence-corrected chi connectivity index (χ3v) is 4.44. The van der Waals surface area contributed by atoms with Gasteiger partial charge in [0, 0.05) is 11.8 Å². The molecule has 0 aliphatic carbocycles. The van der Waals surface area contributed by atoms with Crippen LogP contribution in [0.4, 0.5) is 11.8 Å². The van der Waals surface area contributed by atoms with E-state index in [2.05, 4.69) is 20.7 Å². The number of thioether (sulfide) groups is 1. The smallest absolute Gasteiger partial charge is 0.234 e. The maximum atomic E-state index is 9.71. The summed E-state index contributed by atoms with van der Waals surface area (Å²) < 4.78 is -1.40. The molecule has 0 amide bonds. The summed E-state index contributed by atoms with van der Waals surface area (Å²) in [6.07, 6.45) is -1.48. The van der Waals surface area contributed by atoms with Crippen LogP contribution in [-0.2, 0) is 0 Å². The zero-order valence-electron chi connectivity index (χ0n) is 11.1. The number of halogens is 3. The maximum absolute atomic E-state index is 9.71. The van der Waals surface area contributed by atoms with Crippen molar-refractivity contribution < 1.29 is 5.11 Å². The zero-order valence-corrected chi connectivity index (χ0v) is 15.0. The predicted molar refractivity (Wildman–Crippen MR) is 94.9 cm³/mol. The highest BCUT2D eigenvalue weighted by Gasteiger charge is 2.31. The second kappa shape index (κ2) is 6.90. The van der Waals surface area contributed by atoms with Crippen molar-refractivity contribution in [2.24, 2.45) is 0 Å². The molecule has 0 saturated carbocycles. The summed E-state index contributed by atoms with van der Waals surface area (Å²) in [4.78, 5) is 8.23. The molecule has 7 nitrogen and oxygen atoms in total. The number of hydrazine groups is 1. The molecule has 1 aliphatic heterocycles. The van der Waals surface area contributed by atoms with Gasteiger partial charge >= 0.3 is 0 Å². The van der Waals surface area contributed by atoms with E-state index in [1.165, 1.54) is 16.8 Å². The van der Waals surface area contributed by atoms with Gasteiger partial charge in [-0.05, 0) is 6.92 Å². The number of hydrogen-bond donors (Lipinski definition) is 4. The summed E-state index contributed by atoms with van der Waals surface area (Å²) in [7, 11) is 0. The monoisotopic (exact) mass is 400 g/mol. The lowest BCUT2D eigenvalue weighted by Crippen LogP contribution is -2.35. The van der Waals surface area contributed by atoms with Gasteiger partial charge in [-0.1, -0.05) is 58.8 Å². The van der Waals surface area contributed by atoms with Crippen molar-refractivity contribution in [2.75, 3.05) is 16.5 Å². The van der Waals surface area contributed by atoms with Crippen LogP contribution in [0.1, 0.15) is 5.69 Å². The topological polar surface area (TPSA) is 97.2 Å². The molecule has 1 fully saturated rings. The molecule has 1 atom stereocenters. The van der Waals surface area contributed by atoms with Gasteiger partial charge in [0.1, 0.15) is 5.84 Å². The van der Waals surface area contributed by atoms with Crippen LogP contribution in [0.15, 0.2) is 6.07 Å². The molecule has 1 saturated heterocycles. The van der Waals surface area contributed by atoms with Crippen molar-refractivity contribution in [1.29, 1.82) is 5.41 Å². The number of rotatable bonds is 4. The molecular formula is C10H11Cl3N6OS2. The number of anilines is 2. The normalized spacial score (nSPS) is 16.9. The zero-order chi connectivity index (χ0) is 16.5. The van der Waals surface area contributed by atoms with Crippen LogP contribution in [-0.4, -0.2) is 46.0 Å². The first-order valence-corrected chi connectivity index (χ1v) is 8.37. The molecule has 0 radical (unpaired) electrons. The molecule has 22 heavy (non-hydrogen) atoms. The Kier molecular flexibility index (Phi) is 5.57. The Labute approximate surface area is 151 Å². The number of thiocarbonyl (C=S) groups is 1. The number of aliphatic hydroxyl groups is 1. The molecule has 1 aliphatic rings. The van der Waals surface area contributed by atoms with Crippen molar-refractivity contribution in [1.82, 2.24) is 15.0 Å². The fraction of sp³-hybridized carbons (Fsp3) is 0.400. The number of amidine groups is 1. The molecule has 120 valence electrons. The SMILES string of the molecule is Cc1cc(NN2C(=N)CSC2=S)nc(NC(O)C(Cl)(Cl)Cl)n1. The van der Waals surface area contributed by atoms with Gasteiger partial charge in [0.25, 0.3) is 0 Å². The molecule has 1 aromatic heterocycles. The minimum Gasteiger partial charge on any atom is -0.369 e. The molecule has 0 bridgehead atoms. The fourth-order valence-electron chi connectivity index (χ4n) is 1.49. The first kappa shape index (κ1) is 17.8. The standard InChI is InChI=1S/C10H11Cl3N6OS2/c1-4-2-6(18-19-5(14)3-22-9(19)21)16-8(15-4)17-7(20)10(11,12)13/h2,7,14,20H,3H2,1H3,(H2,15,16,17,18). The Bertz CT molecular complexity index is 595. The summed E-state index contributed by atoms with van der Waals surface area (Å²) >= 11 is 23.2. The van der Waals surface area contributed by atoms with Crippen molar-refractivity contribution in [3.05, 3.63) is 11.8 Å². The number of aryl methyl sites for hydroxylation is 1. The second-order valence-electron chi connectivity index (χ2n) is 4.26. The van der Waals surface area contributed by atoms with E-state index in [0.29, 0.717) is 27.4 Å². The first-order chi connectivity index (χ1) is 10.2. The Morgan fingerprint density at radius 1 is 1.50 bits per heavy atom. The van der Waals surface area contributed by atoms with Crippen LogP contribution in [0.2, 0.25) is 0 Å². The minimum atomic E-state index is -1.92. The molecule has 0 spiro atoms. The predicted octanol–water partition coefficient (Wildman–Crippen LogP) is 2.52. The first-order valence-electron chi connectivity index (χ1n) is 5.85. The van der Waals surface area contributed by atoms with Gasteiger partial charge < -0.3 is 10.4 Å². The number of alkyl halides is 3. The Hall–Kier alpha value is -0.580. The van der Waals surface area contributed by atoms with Gasteiger partial charge in [0.05, 0.1) is 5.75 Å². The van der Waals surface area contributed by atoms with Gasteiger partial charge in [-0.25, -0.2) is 9.99 Å². The van der Waals surface area contributed by atoms with Crippen LogP contribution in [0.25, 0.3) is 0 Å². The van der Waals surface area contributed by atoms with Crippen molar-refractivity contribution in [3.63, 3.8) is 0 Å². The maximum Gasteiger partial charge on any atom is 0.234 e. The molecule has 4 N–H and O–H groups in total. The third-order valence-electron chi connectivity index (χ3n) is 2.44. The number of nitrogens with zero attached hydrogens (tertiary/aromatic N) is 3. The van der Waals surface area contributed by atoms with E-state index in [-0.39, 0.29) is 5.95 Å². The van der Waals surface area contributed by atoms with Crippen LogP contribution in [0.3, 0.4) is 0 Å². The molecular weight excluding hydrogens is 391 g/mol. The summed E-state index contributed by atoms with van der Waals surface area (Å²) in [6, 6.07) is 1.66. The number of hydrogen-bond acceptors (Lipinski definition) is 8. The summed E-state index contributed by atoms with van der Waals surface area (Å²) in [6.45, 7) is 1.74. The van der Waals surface area contributed by atoms with Crippen LogP contribution in [0, 0.1) is 12.3 Å². The number of aromatic nitrogens is 2. The quantitative estimate of drug-likeness (QED) is 0.347. The van der Waals surface area contributed by atoms with Gasteiger partial charge in [0.2, 0.25) is 9.74 Å². The van der Waals surface area contributed by atoms with E-state index in [1.54, 1.807) is 13.0 Å². The van der Waals surface area contributed by atoms with Gasteiger partial charge in [0.15, 0.2) is 16.4 Å². The van der Waals surface area contributed by atoms with Gasteiger partial charge in [-0.3, -0.25) is 10.8 Å². The minimum absolute atomic E-state index is 0.0747. The Morgan fingerprint density at radius 2 is 2.18 bits per heavy atom. The Balaban J connectivity index is 2.16. The summed E-state index contributed by atoms with van der Waals surface area (Å²) in [5.41, 5.74) is 3.52. The van der Waals surface area contributed by atoms with E-state index in [4.69, 9.17) is 52.4 Å². The molecule has 2 heterocycles. The van der Waals surface area contributed by atoms with Gasteiger partial charge in [-0.2, -0.15) is 4.98 Å². The van der Waals surface area contributed by atoms with E-state index < -0.39 is 10.0 Å². The fourth-order valence-corrected chi connectivity index (χ4v) is 2.66. The van der Waals surface area contributed by atoms with E-state index >= 15 is 0 Å². The lowest BCUT2D eigenvalue weighted by atomic mass is 10.4. The van der Waals surface area contributed by atoms with E-state index in [9.17, 15) is 5.11 Å². The average Bonchev–Trinajstić information content (AvgIpc) is 2.69. The largest absolute Gasteiger partial charge is 0.369 e. The highest BCUT2D eigenvalue weighted by atomic mass is 35.6. The highest BCUT2D eigenvalue weighted by Crippen LogP contribution is 2.30. The number of aliphatic hydroxyl groups excluding tert-OH is 1. The summed E-state index contributed by atoms with van der Waals surface area (Å²) in [5, 5.41) is 21.4. The highest BCUT2D eigenvalue weighted by molar-refractivity contribution is 8.24. The molecule has 1 unspecified atom stereocenters. The van der Waals surface area contributed by atoms with Crippen LogP contribution in [0.5, 0.6) is 0 Å². The summed E-state index contributed by atoms with van der Waals surface area (Å²) in [5.74, 6) is 1.28. The van der Waals surface area contributed by atoms with Crippen molar-refractivity contribution in [2.45, 2.75) is 16.9 Å². The molecule has 2 rings (SSSR count). The van der Waals surface area contributed by atoms with Gasteiger partial charge in [-0.15, -0.1) is 0 Å². The van der Waals surface area contributed by atoms with Crippen molar-refractivity contribution in [3.8, 4) is 0 Å². The lowest BCUT2D eigenvalue weighted by molar-refractivity contribution is 0.207. The van der Waals surface area contributed by atoms with Crippen LogP contribution >= 0.6 is 58.8 Å².